The summed E-state index contributed by atoms with van der Waals surface area (Å²) >= 11 is 3.41. The van der Waals surface area contributed by atoms with Crippen molar-refractivity contribution in [3.05, 3.63) is 88.4 Å². The maximum atomic E-state index is 12.9. The maximum absolute atomic E-state index is 12.9. The summed E-state index contributed by atoms with van der Waals surface area (Å²) in [6, 6.07) is 21.7. The second-order valence-electron chi connectivity index (χ2n) is 7.08. The molecule has 0 spiro atoms. The molecule has 0 radical (unpaired) electrons. The topological polar surface area (TPSA) is 58.6 Å². The first kappa shape index (κ1) is 22.6. The summed E-state index contributed by atoms with van der Waals surface area (Å²) in [5.74, 6) is 0.0762. The Bertz CT molecular complexity index is 1050. The number of ether oxygens (including phenoxy) is 1. The Morgan fingerprint density at radius 1 is 1.00 bits per heavy atom. The number of unbranched alkanes of at least 4 members (excludes halogenated alkanes) is 1. The van der Waals surface area contributed by atoms with Gasteiger partial charge in [-0.05, 0) is 55.0 Å². The third kappa shape index (κ3) is 5.95. The third-order valence-corrected chi connectivity index (χ3v) is 5.25. The minimum Gasteiger partial charge on any atom is -0.493 e. The average molecular weight is 481 g/mol. The molecule has 0 atom stereocenters. The van der Waals surface area contributed by atoms with Crippen LogP contribution in [-0.2, 0) is 0 Å². The predicted octanol–water partition coefficient (Wildman–Crippen LogP) is 6.16. The number of halogens is 1. The van der Waals surface area contributed by atoms with Crippen molar-refractivity contribution in [2.24, 2.45) is 0 Å². The van der Waals surface area contributed by atoms with Crippen LogP contribution in [0.3, 0.4) is 0 Å². The van der Waals surface area contributed by atoms with Crippen LogP contribution in [0.5, 0.6) is 5.75 Å². The zero-order valence-electron chi connectivity index (χ0n) is 17.6. The average Bonchev–Trinajstić information content (AvgIpc) is 2.80. The lowest BCUT2D eigenvalue weighted by atomic mass is 10.1. The lowest BCUT2D eigenvalue weighted by Crippen LogP contribution is -2.26. The van der Waals surface area contributed by atoms with Crippen molar-refractivity contribution in [2.45, 2.75) is 19.8 Å². The van der Waals surface area contributed by atoms with E-state index in [-0.39, 0.29) is 11.8 Å². The summed E-state index contributed by atoms with van der Waals surface area (Å²) in [4.78, 5) is 27.4. The molecule has 1 N–H and O–H groups in total. The van der Waals surface area contributed by atoms with Crippen molar-refractivity contribution in [3.8, 4) is 5.75 Å². The Hall–Kier alpha value is -3.12. The highest BCUT2D eigenvalue weighted by atomic mass is 79.9. The first-order valence-corrected chi connectivity index (χ1v) is 11.0. The first-order chi connectivity index (χ1) is 15.0. The normalized spacial score (nSPS) is 10.4. The van der Waals surface area contributed by atoms with Crippen molar-refractivity contribution < 1.29 is 14.3 Å². The van der Waals surface area contributed by atoms with Crippen molar-refractivity contribution >= 4 is 39.1 Å². The highest BCUT2D eigenvalue weighted by Gasteiger charge is 2.16. The minimum atomic E-state index is -0.297. The van der Waals surface area contributed by atoms with Crippen LogP contribution in [0.25, 0.3) is 0 Å². The molecule has 0 heterocycles. The zero-order chi connectivity index (χ0) is 22.2. The molecular formula is C25H25BrN2O3. The number of carbonyl (C=O) groups excluding carboxylic acids is 2. The van der Waals surface area contributed by atoms with Gasteiger partial charge in [-0.1, -0.05) is 53.5 Å². The summed E-state index contributed by atoms with van der Waals surface area (Å²) in [5, 5.41) is 2.88. The summed E-state index contributed by atoms with van der Waals surface area (Å²) in [7, 11) is 1.73. The molecule has 160 valence electrons. The van der Waals surface area contributed by atoms with Gasteiger partial charge >= 0.3 is 0 Å². The summed E-state index contributed by atoms with van der Waals surface area (Å²) in [5.41, 5.74) is 2.25. The Labute approximate surface area is 191 Å². The lowest BCUT2D eigenvalue weighted by molar-refractivity contribution is 0.0989. The second kappa shape index (κ2) is 10.8. The molecule has 0 aliphatic carbocycles. The van der Waals surface area contributed by atoms with E-state index in [0.717, 1.165) is 23.0 Å². The third-order valence-electron chi connectivity index (χ3n) is 4.76. The highest BCUT2D eigenvalue weighted by Crippen LogP contribution is 2.25. The highest BCUT2D eigenvalue weighted by molar-refractivity contribution is 9.10. The van der Waals surface area contributed by atoms with Crippen LogP contribution >= 0.6 is 15.9 Å². The van der Waals surface area contributed by atoms with Gasteiger partial charge in [0.05, 0.1) is 12.2 Å². The molecular weight excluding hydrogens is 456 g/mol. The van der Waals surface area contributed by atoms with E-state index in [9.17, 15) is 9.59 Å². The quantitative estimate of drug-likeness (QED) is 0.392. The molecule has 0 aliphatic rings. The predicted molar refractivity (Wildman–Crippen MR) is 128 cm³/mol. The van der Waals surface area contributed by atoms with Crippen LogP contribution in [0.1, 0.15) is 40.5 Å². The van der Waals surface area contributed by atoms with Crippen LogP contribution in [0.2, 0.25) is 0 Å². The molecule has 0 aliphatic heterocycles. The Balaban J connectivity index is 1.77. The molecule has 3 aromatic rings. The molecule has 3 rings (SSSR count). The molecule has 0 saturated heterocycles. The Kier molecular flexibility index (Phi) is 7.84. The number of amides is 2. The molecule has 0 fully saturated rings. The second-order valence-corrected chi connectivity index (χ2v) is 7.99. The van der Waals surface area contributed by atoms with Crippen LogP contribution in [0.4, 0.5) is 11.4 Å². The molecule has 6 heteroatoms. The van der Waals surface area contributed by atoms with Crippen LogP contribution in [0, 0.1) is 0 Å². The number of nitrogens with one attached hydrogen (secondary N) is 1. The van der Waals surface area contributed by atoms with Gasteiger partial charge in [0.1, 0.15) is 5.75 Å². The van der Waals surface area contributed by atoms with Crippen LogP contribution < -0.4 is 15.0 Å². The van der Waals surface area contributed by atoms with Gasteiger partial charge in [0.2, 0.25) is 0 Å². The van der Waals surface area contributed by atoms with E-state index in [1.165, 1.54) is 0 Å². The van der Waals surface area contributed by atoms with Crippen molar-refractivity contribution in [1.82, 2.24) is 0 Å². The number of nitrogens with zero attached hydrogens (tertiary/aromatic N) is 1. The van der Waals surface area contributed by atoms with E-state index in [2.05, 4.69) is 28.2 Å². The lowest BCUT2D eigenvalue weighted by Gasteiger charge is -2.18. The van der Waals surface area contributed by atoms with Gasteiger partial charge in [0.25, 0.3) is 11.8 Å². The molecule has 0 aromatic heterocycles. The number of para-hydroxylation sites is 1. The Morgan fingerprint density at radius 3 is 2.52 bits per heavy atom. The van der Waals surface area contributed by atoms with Gasteiger partial charge in [0.15, 0.2) is 0 Å². The SMILES string of the molecule is CCCCOc1ccc(Br)cc1C(=O)Nc1cccc(C(=O)N(C)c2ccccc2)c1. The zero-order valence-corrected chi connectivity index (χ0v) is 19.2. The first-order valence-electron chi connectivity index (χ1n) is 10.2. The molecule has 0 bridgehead atoms. The van der Waals surface area contributed by atoms with Crippen LogP contribution in [0.15, 0.2) is 77.3 Å². The van der Waals surface area contributed by atoms with E-state index in [1.807, 2.05) is 36.4 Å². The monoisotopic (exact) mass is 480 g/mol. The van der Waals surface area contributed by atoms with Crippen molar-refractivity contribution in [1.29, 1.82) is 0 Å². The number of anilines is 2. The van der Waals surface area contributed by atoms with Gasteiger partial charge in [-0.25, -0.2) is 0 Å². The smallest absolute Gasteiger partial charge is 0.259 e. The standard InChI is InChI=1S/C25H25BrN2O3/c1-3-4-15-31-23-14-13-19(26)17-22(23)24(29)27-20-10-8-9-18(16-20)25(30)28(2)21-11-6-5-7-12-21/h5-14,16-17H,3-4,15H2,1-2H3,(H,27,29). The molecule has 0 saturated carbocycles. The largest absolute Gasteiger partial charge is 0.493 e. The van der Waals surface area contributed by atoms with Gasteiger partial charge < -0.3 is 15.0 Å². The van der Waals surface area contributed by atoms with Gasteiger partial charge in [-0.15, -0.1) is 0 Å². The number of hydrogen-bond acceptors (Lipinski definition) is 3. The molecule has 5 nitrogen and oxygen atoms in total. The van der Waals surface area contributed by atoms with Crippen molar-refractivity contribution in [2.75, 3.05) is 23.9 Å². The molecule has 2 amide bonds. The van der Waals surface area contributed by atoms with Gasteiger partial charge in [-0.3, -0.25) is 9.59 Å². The van der Waals surface area contributed by atoms with Gasteiger partial charge in [-0.2, -0.15) is 0 Å². The maximum Gasteiger partial charge on any atom is 0.259 e. The minimum absolute atomic E-state index is 0.159. The van der Waals surface area contributed by atoms with Crippen molar-refractivity contribution in [3.63, 3.8) is 0 Å². The molecule has 3 aromatic carbocycles. The van der Waals surface area contributed by atoms with E-state index >= 15 is 0 Å². The summed E-state index contributed by atoms with van der Waals surface area (Å²) < 4.78 is 6.58. The molecule has 0 unspecified atom stereocenters. The number of hydrogen-bond donors (Lipinski definition) is 1. The summed E-state index contributed by atoms with van der Waals surface area (Å²) in [6.07, 6.45) is 1.92. The summed E-state index contributed by atoms with van der Waals surface area (Å²) in [6.45, 7) is 2.64. The number of rotatable bonds is 8. The number of carbonyl (C=O) groups is 2. The fourth-order valence-corrected chi connectivity index (χ4v) is 3.38. The van der Waals surface area contributed by atoms with E-state index < -0.39 is 0 Å². The van der Waals surface area contributed by atoms with E-state index in [1.54, 1.807) is 48.3 Å². The Morgan fingerprint density at radius 2 is 1.77 bits per heavy atom. The van der Waals surface area contributed by atoms with E-state index in [0.29, 0.717) is 29.2 Å². The van der Waals surface area contributed by atoms with E-state index in [4.69, 9.17) is 4.74 Å². The van der Waals surface area contributed by atoms with Crippen LogP contribution in [-0.4, -0.2) is 25.5 Å². The molecule has 31 heavy (non-hydrogen) atoms. The number of benzene rings is 3. The fraction of sp³-hybridized carbons (Fsp3) is 0.200. The van der Waals surface area contributed by atoms with Gasteiger partial charge in [0, 0.05) is 28.5 Å². The fourth-order valence-electron chi connectivity index (χ4n) is 3.02.